The molecular weight excluding hydrogens is 292 g/mol. The molecule has 0 radical (unpaired) electrons. The van der Waals surface area contributed by atoms with Crippen molar-refractivity contribution in [3.8, 4) is 17.2 Å². The molecule has 0 amide bonds. The maximum atomic E-state index is 5.50. The van der Waals surface area contributed by atoms with Crippen LogP contribution in [0, 0.1) is 0 Å². The highest BCUT2D eigenvalue weighted by Crippen LogP contribution is 2.34. The summed E-state index contributed by atoms with van der Waals surface area (Å²) in [6.45, 7) is 5.08. The Morgan fingerprint density at radius 3 is 2.24 bits per heavy atom. The molecule has 6 heteroatoms. The Balaban J connectivity index is 0.00000220. The molecule has 1 fully saturated rings. The van der Waals surface area contributed by atoms with Crippen molar-refractivity contribution in [2.45, 2.75) is 13.0 Å². The molecule has 1 N–H and O–H groups in total. The lowest BCUT2D eigenvalue weighted by molar-refractivity contribution is 0.271. The number of hydrogen-bond acceptors (Lipinski definition) is 5. The zero-order valence-electron chi connectivity index (χ0n) is 13.0. The van der Waals surface area contributed by atoms with Crippen LogP contribution in [0.1, 0.15) is 12.0 Å². The minimum atomic E-state index is 0. The van der Waals surface area contributed by atoms with Gasteiger partial charge in [-0.15, -0.1) is 12.4 Å². The highest BCUT2D eigenvalue weighted by molar-refractivity contribution is 5.85. The lowest BCUT2D eigenvalue weighted by Gasteiger charge is -2.22. The number of methoxy groups -OCH3 is 3. The SMILES string of the molecule is COc1cc(OC)c(CN2CCCNCC2)c(OC)c1.Cl. The molecule has 0 bridgehead atoms. The third-order valence-corrected chi connectivity index (χ3v) is 3.63. The number of benzene rings is 1. The monoisotopic (exact) mass is 316 g/mol. The van der Waals surface area contributed by atoms with Gasteiger partial charge < -0.3 is 19.5 Å². The Bertz CT molecular complexity index is 410. The van der Waals surface area contributed by atoms with E-state index in [2.05, 4.69) is 10.2 Å². The zero-order valence-corrected chi connectivity index (χ0v) is 13.8. The summed E-state index contributed by atoms with van der Waals surface area (Å²) in [5.74, 6) is 2.39. The molecule has 120 valence electrons. The van der Waals surface area contributed by atoms with Crippen LogP contribution >= 0.6 is 12.4 Å². The molecule has 1 aliphatic heterocycles. The van der Waals surface area contributed by atoms with Crippen molar-refractivity contribution < 1.29 is 14.2 Å². The van der Waals surface area contributed by atoms with E-state index in [1.165, 1.54) is 6.42 Å². The van der Waals surface area contributed by atoms with E-state index in [1.807, 2.05) is 12.1 Å². The fourth-order valence-electron chi connectivity index (χ4n) is 2.52. The van der Waals surface area contributed by atoms with Crippen molar-refractivity contribution in [3.63, 3.8) is 0 Å². The highest BCUT2D eigenvalue weighted by atomic mass is 35.5. The first kappa shape index (κ1) is 17.9. The van der Waals surface area contributed by atoms with Crippen molar-refractivity contribution in [2.24, 2.45) is 0 Å². The van der Waals surface area contributed by atoms with Gasteiger partial charge in [-0.25, -0.2) is 0 Å². The van der Waals surface area contributed by atoms with Crippen molar-refractivity contribution in [2.75, 3.05) is 47.5 Å². The van der Waals surface area contributed by atoms with E-state index in [0.717, 1.165) is 55.5 Å². The van der Waals surface area contributed by atoms with Gasteiger partial charge in [0.1, 0.15) is 17.2 Å². The number of nitrogens with one attached hydrogen (secondary N) is 1. The molecule has 0 spiro atoms. The first-order valence-corrected chi connectivity index (χ1v) is 7.00. The Morgan fingerprint density at radius 2 is 1.67 bits per heavy atom. The molecule has 0 saturated carbocycles. The average Bonchev–Trinajstić information content (AvgIpc) is 2.76. The van der Waals surface area contributed by atoms with Crippen LogP contribution < -0.4 is 19.5 Å². The van der Waals surface area contributed by atoms with Gasteiger partial charge in [-0.1, -0.05) is 0 Å². The van der Waals surface area contributed by atoms with Gasteiger partial charge in [0.2, 0.25) is 0 Å². The van der Waals surface area contributed by atoms with Crippen LogP contribution in [0.25, 0.3) is 0 Å². The maximum Gasteiger partial charge on any atom is 0.130 e. The molecule has 1 saturated heterocycles. The summed E-state index contributed by atoms with van der Waals surface area (Å²) >= 11 is 0. The van der Waals surface area contributed by atoms with Crippen molar-refractivity contribution in [1.29, 1.82) is 0 Å². The van der Waals surface area contributed by atoms with Crippen molar-refractivity contribution in [3.05, 3.63) is 17.7 Å². The molecular formula is C15H25ClN2O3. The van der Waals surface area contributed by atoms with Gasteiger partial charge in [0, 0.05) is 31.8 Å². The standard InChI is InChI=1S/C15H24N2O3.ClH/c1-18-12-9-14(19-2)13(15(10-12)20-3)11-17-7-4-5-16-6-8-17;/h9-10,16H,4-8,11H2,1-3H3;1H. The number of ether oxygens (including phenoxy) is 3. The van der Waals surface area contributed by atoms with Crippen LogP contribution in [-0.4, -0.2) is 52.4 Å². The molecule has 1 aliphatic rings. The van der Waals surface area contributed by atoms with Crippen LogP contribution in [0.5, 0.6) is 17.2 Å². The average molecular weight is 317 g/mol. The second-order valence-electron chi connectivity index (χ2n) is 4.89. The smallest absolute Gasteiger partial charge is 0.130 e. The van der Waals surface area contributed by atoms with E-state index in [1.54, 1.807) is 21.3 Å². The summed E-state index contributed by atoms with van der Waals surface area (Å²) in [5, 5.41) is 3.41. The van der Waals surface area contributed by atoms with Gasteiger partial charge in [-0.2, -0.15) is 0 Å². The van der Waals surface area contributed by atoms with Crippen molar-refractivity contribution in [1.82, 2.24) is 10.2 Å². The Kier molecular flexibility index (Phi) is 7.64. The predicted molar refractivity (Wildman–Crippen MR) is 86.1 cm³/mol. The molecule has 0 atom stereocenters. The topological polar surface area (TPSA) is 43.0 Å². The fourth-order valence-corrected chi connectivity index (χ4v) is 2.52. The Labute approximate surface area is 133 Å². The van der Waals surface area contributed by atoms with E-state index >= 15 is 0 Å². The summed E-state index contributed by atoms with van der Waals surface area (Å²) in [5.41, 5.74) is 1.08. The second-order valence-corrected chi connectivity index (χ2v) is 4.89. The van der Waals surface area contributed by atoms with Gasteiger partial charge in [-0.3, -0.25) is 4.90 Å². The van der Waals surface area contributed by atoms with Gasteiger partial charge in [0.05, 0.1) is 26.9 Å². The van der Waals surface area contributed by atoms with Crippen molar-refractivity contribution >= 4 is 12.4 Å². The molecule has 0 aromatic heterocycles. The number of nitrogens with zero attached hydrogens (tertiary/aromatic N) is 1. The van der Waals surface area contributed by atoms with E-state index in [-0.39, 0.29) is 12.4 Å². The molecule has 0 unspecified atom stereocenters. The quantitative estimate of drug-likeness (QED) is 0.899. The first-order chi connectivity index (χ1) is 9.78. The normalized spacial score (nSPS) is 15.8. The molecule has 1 heterocycles. The molecule has 0 aliphatic carbocycles. The maximum absolute atomic E-state index is 5.50. The fraction of sp³-hybridized carbons (Fsp3) is 0.600. The number of rotatable bonds is 5. The second kappa shape index (κ2) is 8.97. The largest absolute Gasteiger partial charge is 0.496 e. The third-order valence-electron chi connectivity index (χ3n) is 3.63. The first-order valence-electron chi connectivity index (χ1n) is 7.00. The predicted octanol–water partition coefficient (Wildman–Crippen LogP) is 1.93. The zero-order chi connectivity index (χ0) is 14.4. The van der Waals surface area contributed by atoms with Crippen LogP contribution in [0.4, 0.5) is 0 Å². The van der Waals surface area contributed by atoms with Gasteiger partial charge in [0.25, 0.3) is 0 Å². The summed E-state index contributed by atoms with van der Waals surface area (Å²) in [4.78, 5) is 2.42. The summed E-state index contributed by atoms with van der Waals surface area (Å²) in [6, 6.07) is 3.82. The van der Waals surface area contributed by atoms with E-state index in [0.29, 0.717) is 0 Å². The summed E-state index contributed by atoms with van der Waals surface area (Å²) in [6.07, 6.45) is 1.17. The van der Waals surface area contributed by atoms with E-state index in [9.17, 15) is 0 Å². The van der Waals surface area contributed by atoms with Gasteiger partial charge in [-0.05, 0) is 19.5 Å². The van der Waals surface area contributed by atoms with E-state index < -0.39 is 0 Å². The molecule has 5 nitrogen and oxygen atoms in total. The number of hydrogen-bond donors (Lipinski definition) is 1. The molecule has 2 rings (SSSR count). The Morgan fingerprint density at radius 1 is 1.00 bits per heavy atom. The van der Waals surface area contributed by atoms with Gasteiger partial charge in [0.15, 0.2) is 0 Å². The van der Waals surface area contributed by atoms with Crippen LogP contribution in [0.15, 0.2) is 12.1 Å². The van der Waals surface area contributed by atoms with Crippen LogP contribution in [0.2, 0.25) is 0 Å². The summed E-state index contributed by atoms with van der Waals surface area (Å²) in [7, 11) is 5.01. The molecule has 1 aromatic carbocycles. The van der Waals surface area contributed by atoms with Crippen LogP contribution in [0.3, 0.4) is 0 Å². The third kappa shape index (κ3) is 4.66. The van der Waals surface area contributed by atoms with E-state index in [4.69, 9.17) is 14.2 Å². The number of halogens is 1. The highest BCUT2D eigenvalue weighted by Gasteiger charge is 2.17. The lowest BCUT2D eigenvalue weighted by atomic mass is 10.1. The minimum Gasteiger partial charge on any atom is -0.496 e. The lowest BCUT2D eigenvalue weighted by Crippen LogP contribution is -2.28. The van der Waals surface area contributed by atoms with Gasteiger partial charge >= 0.3 is 0 Å². The molecule has 21 heavy (non-hydrogen) atoms. The summed E-state index contributed by atoms with van der Waals surface area (Å²) < 4.78 is 16.3. The molecule has 1 aromatic rings. The van der Waals surface area contributed by atoms with Crippen LogP contribution in [-0.2, 0) is 6.54 Å². The Hall–Kier alpha value is -1.17. The minimum absolute atomic E-state index is 0.